The molecule has 1 atom stereocenters. The highest BCUT2D eigenvalue weighted by molar-refractivity contribution is 6.01. The van der Waals surface area contributed by atoms with Crippen LogP contribution in [0.15, 0.2) is 24.3 Å². The van der Waals surface area contributed by atoms with Crippen molar-refractivity contribution in [2.75, 3.05) is 0 Å². The number of rotatable bonds is 2. The monoisotopic (exact) mass is 267 g/mol. The second-order valence-corrected chi connectivity index (χ2v) is 5.88. The van der Waals surface area contributed by atoms with Gasteiger partial charge in [-0.25, -0.2) is 0 Å². The third-order valence-corrected chi connectivity index (χ3v) is 4.74. The van der Waals surface area contributed by atoms with E-state index in [0.29, 0.717) is 0 Å². The molecule has 1 aliphatic rings. The Morgan fingerprint density at radius 3 is 2.60 bits per heavy atom. The van der Waals surface area contributed by atoms with Crippen LogP contribution in [-0.2, 0) is 6.42 Å². The Bertz CT molecular complexity index is 666. The second kappa shape index (κ2) is 4.93. The van der Waals surface area contributed by atoms with Crippen LogP contribution < -0.4 is 0 Å². The van der Waals surface area contributed by atoms with Crippen LogP contribution in [0.4, 0.5) is 0 Å². The number of Topliss-reactive ketones (excluding diaryl/α,β-unsaturated/α-hetero) is 1. The Labute approximate surface area is 120 Å². The molecule has 0 amide bonds. The first-order valence-corrected chi connectivity index (χ1v) is 7.37. The number of ketones is 1. The molecule has 0 fully saturated rings. The van der Waals surface area contributed by atoms with Crippen LogP contribution in [0.1, 0.15) is 57.2 Å². The van der Waals surface area contributed by atoms with E-state index < -0.39 is 0 Å². The number of fused-ring (bicyclic) bond motifs is 1. The van der Waals surface area contributed by atoms with Crippen LogP contribution in [0.25, 0.3) is 0 Å². The summed E-state index contributed by atoms with van der Waals surface area (Å²) in [5, 5.41) is 0. The highest BCUT2D eigenvalue weighted by atomic mass is 16.1. The lowest BCUT2D eigenvalue weighted by molar-refractivity contribution is 0.0946. The first-order chi connectivity index (χ1) is 9.59. The maximum absolute atomic E-state index is 12.9. The molecule has 0 aliphatic heterocycles. The van der Waals surface area contributed by atoms with Crippen molar-refractivity contribution in [2.24, 2.45) is 0 Å². The van der Waals surface area contributed by atoms with Gasteiger partial charge in [0.1, 0.15) is 0 Å². The number of hydrogen-bond donors (Lipinski definition) is 1. The standard InChI is InChI=1S/C18H21NO/c1-11-12(2)17(19-13(11)3)18(20)16-10-6-8-14-7-4-5-9-15(14)16/h4-5,7,9,16,19H,6,8,10H2,1-3H3. The molecule has 0 saturated carbocycles. The third-order valence-electron chi connectivity index (χ3n) is 4.74. The van der Waals surface area contributed by atoms with Gasteiger partial charge in [-0.05, 0) is 62.3 Å². The molecule has 0 bridgehead atoms. The van der Waals surface area contributed by atoms with Gasteiger partial charge in [-0.2, -0.15) is 0 Å². The number of carbonyl (C=O) groups is 1. The third kappa shape index (κ3) is 2.00. The predicted molar refractivity (Wildman–Crippen MR) is 81.5 cm³/mol. The zero-order valence-electron chi connectivity index (χ0n) is 12.4. The minimum Gasteiger partial charge on any atom is -0.356 e. The summed E-state index contributed by atoms with van der Waals surface area (Å²) in [6.07, 6.45) is 3.17. The molecule has 1 aromatic carbocycles. The van der Waals surface area contributed by atoms with E-state index in [1.165, 1.54) is 16.7 Å². The summed E-state index contributed by atoms with van der Waals surface area (Å²) in [7, 11) is 0. The maximum atomic E-state index is 12.9. The smallest absolute Gasteiger partial charge is 0.186 e. The normalized spacial score (nSPS) is 17.9. The van der Waals surface area contributed by atoms with Crippen molar-refractivity contribution in [1.82, 2.24) is 4.98 Å². The lowest BCUT2D eigenvalue weighted by atomic mass is 9.79. The number of benzene rings is 1. The molecule has 2 heteroatoms. The predicted octanol–water partition coefficient (Wildman–Crippen LogP) is 4.24. The lowest BCUT2D eigenvalue weighted by Crippen LogP contribution is -2.19. The van der Waals surface area contributed by atoms with E-state index in [1.807, 2.05) is 19.9 Å². The molecule has 1 aliphatic carbocycles. The number of hydrogen-bond acceptors (Lipinski definition) is 1. The lowest BCUT2D eigenvalue weighted by Gasteiger charge is -2.24. The molecule has 0 spiro atoms. The van der Waals surface area contributed by atoms with Gasteiger partial charge < -0.3 is 4.98 Å². The molecule has 1 unspecified atom stereocenters. The summed E-state index contributed by atoms with van der Waals surface area (Å²) in [6.45, 7) is 6.15. The summed E-state index contributed by atoms with van der Waals surface area (Å²) in [6, 6.07) is 8.39. The van der Waals surface area contributed by atoms with Crippen LogP contribution in [0.3, 0.4) is 0 Å². The molecule has 0 saturated heterocycles. The van der Waals surface area contributed by atoms with E-state index in [4.69, 9.17) is 0 Å². The summed E-state index contributed by atoms with van der Waals surface area (Å²) in [5.41, 5.74) is 6.80. The Balaban J connectivity index is 2.02. The van der Waals surface area contributed by atoms with Crippen molar-refractivity contribution >= 4 is 5.78 Å². The number of aromatic nitrogens is 1. The van der Waals surface area contributed by atoms with Gasteiger partial charge in [-0.15, -0.1) is 0 Å². The molecule has 104 valence electrons. The van der Waals surface area contributed by atoms with Crippen LogP contribution in [-0.4, -0.2) is 10.8 Å². The molecule has 1 N–H and O–H groups in total. The quantitative estimate of drug-likeness (QED) is 0.811. The summed E-state index contributed by atoms with van der Waals surface area (Å²) >= 11 is 0. The van der Waals surface area contributed by atoms with Gasteiger partial charge in [0, 0.05) is 11.6 Å². The topological polar surface area (TPSA) is 32.9 Å². The summed E-state index contributed by atoms with van der Waals surface area (Å²) in [5.74, 6) is 0.280. The molecule has 2 nitrogen and oxygen atoms in total. The Morgan fingerprint density at radius 1 is 1.15 bits per heavy atom. The molecule has 3 rings (SSSR count). The molecule has 2 aromatic rings. The van der Waals surface area contributed by atoms with Crippen molar-refractivity contribution in [1.29, 1.82) is 0 Å². The number of aromatic amines is 1. The molecular formula is C18H21NO. The average Bonchev–Trinajstić information content (AvgIpc) is 2.73. The average molecular weight is 267 g/mol. The fourth-order valence-corrected chi connectivity index (χ4v) is 3.29. The molecular weight excluding hydrogens is 246 g/mol. The van der Waals surface area contributed by atoms with Gasteiger partial charge in [0.05, 0.1) is 5.69 Å². The van der Waals surface area contributed by atoms with Crippen molar-refractivity contribution in [2.45, 2.75) is 46.0 Å². The van der Waals surface area contributed by atoms with Crippen molar-refractivity contribution < 1.29 is 4.79 Å². The highest BCUT2D eigenvalue weighted by Crippen LogP contribution is 2.34. The van der Waals surface area contributed by atoms with Crippen molar-refractivity contribution in [3.05, 3.63) is 57.9 Å². The van der Waals surface area contributed by atoms with Crippen molar-refractivity contribution in [3.8, 4) is 0 Å². The number of carbonyl (C=O) groups excluding carboxylic acids is 1. The molecule has 1 heterocycles. The van der Waals surface area contributed by atoms with Gasteiger partial charge in [-0.1, -0.05) is 24.3 Å². The van der Waals surface area contributed by atoms with E-state index in [9.17, 15) is 4.79 Å². The fourth-order valence-electron chi connectivity index (χ4n) is 3.29. The Morgan fingerprint density at radius 2 is 1.90 bits per heavy atom. The fraction of sp³-hybridized carbons (Fsp3) is 0.389. The highest BCUT2D eigenvalue weighted by Gasteiger charge is 2.29. The van der Waals surface area contributed by atoms with Crippen molar-refractivity contribution in [3.63, 3.8) is 0 Å². The molecule has 20 heavy (non-hydrogen) atoms. The van der Waals surface area contributed by atoms with Crippen LogP contribution in [0.5, 0.6) is 0 Å². The maximum Gasteiger partial charge on any atom is 0.186 e. The zero-order valence-corrected chi connectivity index (χ0v) is 12.4. The molecule has 0 radical (unpaired) electrons. The SMILES string of the molecule is Cc1[nH]c(C(=O)C2CCCc3ccccc32)c(C)c1C. The van der Waals surface area contributed by atoms with E-state index >= 15 is 0 Å². The van der Waals surface area contributed by atoms with E-state index in [1.54, 1.807) is 0 Å². The summed E-state index contributed by atoms with van der Waals surface area (Å²) in [4.78, 5) is 16.2. The molecule has 1 aromatic heterocycles. The van der Waals surface area contributed by atoms with Gasteiger partial charge in [0.2, 0.25) is 0 Å². The number of aryl methyl sites for hydroxylation is 2. The van der Waals surface area contributed by atoms with Gasteiger partial charge >= 0.3 is 0 Å². The second-order valence-electron chi connectivity index (χ2n) is 5.88. The van der Waals surface area contributed by atoms with E-state index in [2.05, 4.69) is 30.1 Å². The Kier molecular flexibility index (Phi) is 3.25. The van der Waals surface area contributed by atoms with Crippen LogP contribution >= 0.6 is 0 Å². The first kappa shape index (κ1) is 13.2. The zero-order chi connectivity index (χ0) is 14.3. The van der Waals surface area contributed by atoms with E-state index in [-0.39, 0.29) is 11.7 Å². The van der Waals surface area contributed by atoms with Gasteiger partial charge in [-0.3, -0.25) is 4.79 Å². The van der Waals surface area contributed by atoms with Gasteiger partial charge in [0.15, 0.2) is 5.78 Å². The van der Waals surface area contributed by atoms with Crippen LogP contribution in [0, 0.1) is 20.8 Å². The Hall–Kier alpha value is -1.83. The number of nitrogens with one attached hydrogen (secondary N) is 1. The largest absolute Gasteiger partial charge is 0.356 e. The van der Waals surface area contributed by atoms with Crippen LogP contribution in [0.2, 0.25) is 0 Å². The first-order valence-electron chi connectivity index (χ1n) is 7.37. The number of H-pyrrole nitrogens is 1. The summed E-state index contributed by atoms with van der Waals surface area (Å²) < 4.78 is 0. The minimum atomic E-state index is 0.0242. The van der Waals surface area contributed by atoms with Gasteiger partial charge in [0.25, 0.3) is 0 Å². The minimum absolute atomic E-state index is 0.0242. The van der Waals surface area contributed by atoms with E-state index in [0.717, 1.165) is 36.2 Å².